The van der Waals surface area contributed by atoms with Gasteiger partial charge >= 0.3 is 11.8 Å². The number of carbonyl (C=O) groups is 3. The summed E-state index contributed by atoms with van der Waals surface area (Å²) >= 11 is 0. The standard InChI is InChI=1S/C41H53N3O4.C18H29N3.C14H15NO3/c1-9-40(4,5)29-17-20-37(34(26-29)41(6,7)10-2)48-24-14-13-21-42-39(47)33-27-36(31-15-11-12-16-32(31)38(33)46)43-35-19-18-30(25-28(35)3)44(8)22-23-45;1-5-7-9-11-15-21(16-12-10-8-6-2)17-13-14-18(19-3)20-4;1-4-9-18-14(16)13(15-2)10-11-5-7-12(17-3)8-6-11/h11-12,15-20,25-27,45H,9-10,13-14,21-24H2,1-8H3,(H,42,47);13-14,17H,5-12,15-16H2,1-2H3;5-8,10H,4,9H2,1,3H3/b;17-13-;13-10-. The van der Waals surface area contributed by atoms with E-state index < -0.39 is 11.9 Å². The Bertz CT molecular complexity index is 3080. The highest BCUT2D eigenvalue weighted by molar-refractivity contribution is 6.35. The lowest BCUT2D eigenvalue weighted by Gasteiger charge is -2.30. The molecule has 87 heavy (non-hydrogen) atoms. The molecule has 0 saturated heterocycles. The summed E-state index contributed by atoms with van der Waals surface area (Å²) in [4.78, 5) is 57.0. The second-order valence-corrected chi connectivity index (χ2v) is 22.8. The first-order chi connectivity index (χ1) is 41.8. The fourth-order valence-electron chi connectivity index (χ4n) is 9.07. The van der Waals surface area contributed by atoms with Gasteiger partial charge in [0.15, 0.2) is 5.78 Å². The number of Topliss-reactive ketones (excluding diaryl/α,β-unsaturated/α-hetero) is 1. The second-order valence-electron chi connectivity index (χ2n) is 22.8. The summed E-state index contributed by atoms with van der Waals surface area (Å²) in [6, 6.07) is 26.9. The molecule has 0 aromatic heterocycles. The number of anilines is 1. The number of aliphatic hydroxyl groups is 1. The SMILES string of the molecule is CCC(C)(C)c1ccc(OCCCCNC(=O)C2=CC(=Nc3ccc(N(C)CCO)cc3C)c3ccccc3C2=O)c(C(C)(C)CC)c1.[C-]#[N+]/C(=C\c1ccc(OC)cc1)C(=O)OCCC.[C-]#[N+]C(=C/C=C\N(CCCCCC)CCCCCC)[N+]#[C-]. The molecule has 14 nitrogen and oxygen atoms in total. The summed E-state index contributed by atoms with van der Waals surface area (Å²) in [6.07, 6.45) is 23.0. The topological polar surface area (TPSA) is 143 Å². The molecule has 0 radical (unpaired) electrons. The molecule has 0 aliphatic heterocycles. The lowest BCUT2D eigenvalue weighted by molar-refractivity contribution is -0.138. The molecule has 0 saturated carbocycles. The number of ether oxygens (including phenoxy) is 3. The van der Waals surface area contributed by atoms with E-state index in [2.05, 4.69) is 98.3 Å². The van der Waals surface area contributed by atoms with Gasteiger partial charge < -0.3 is 34.4 Å². The van der Waals surface area contributed by atoms with Crippen LogP contribution < -0.4 is 19.7 Å². The number of aliphatic hydroxyl groups excluding tert-OH is 1. The van der Waals surface area contributed by atoms with Gasteiger partial charge in [0.1, 0.15) is 24.6 Å². The van der Waals surface area contributed by atoms with Crippen molar-refractivity contribution in [3.63, 3.8) is 0 Å². The summed E-state index contributed by atoms with van der Waals surface area (Å²) in [5.74, 6) is 0.494. The van der Waals surface area contributed by atoms with Crippen LogP contribution in [0.1, 0.15) is 184 Å². The molecule has 1 aliphatic carbocycles. The van der Waals surface area contributed by atoms with Gasteiger partial charge in [0.25, 0.3) is 11.6 Å². The van der Waals surface area contributed by atoms with Crippen LogP contribution in [0.5, 0.6) is 11.5 Å². The minimum absolute atomic E-state index is 0.0106. The molecule has 4 aromatic carbocycles. The molecule has 14 heteroatoms. The molecule has 1 amide bonds. The minimum atomic E-state index is -0.581. The van der Waals surface area contributed by atoms with Crippen molar-refractivity contribution in [1.29, 1.82) is 0 Å². The van der Waals surface area contributed by atoms with Crippen LogP contribution in [-0.4, -0.2) is 93.5 Å². The molecule has 0 spiro atoms. The first-order valence-corrected chi connectivity index (χ1v) is 31.0. The predicted molar refractivity (Wildman–Crippen MR) is 357 cm³/mol. The maximum absolute atomic E-state index is 13.4. The monoisotopic (exact) mass is 1180 g/mol. The number of nitrogens with zero attached hydrogens (tertiary/aromatic N) is 6. The number of esters is 1. The van der Waals surface area contributed by atoms with Crippen molar-refractivity contribution >= 4 is 40.8 Å². The highest BCUT2D eigenvalue weighted by Crippen LogP contribution is 2.39. The number of ketones is 1. The van der Waals surface area contributed by atoms with E-state index in [4.69, 9.17) is 38.9 Å². The fourth-order valence-corrected chi connectivity index (χ4v) is 9.07. The Morgan fingerprint density at radius 1 is 0.736 bits per heavy atom. The Morgan fingerprint density at radius 3 is 1.97 bits per heavy atom. The van der Waals surface area contributed by atoms with Crippen LogP contribution in [0.4, 0.5) is 11.4 Å². The number of benzene rings is 4. The zero-order valence-electron chi connectivity index (χ0n) is 54.2. The van der Waals surface area contributed by atoms with Crippen molar-refractivity contribution in [3.05, 3.63) is 194 Å². The van der Waals surface area contributed by atoms with Crippen LogP contribution >= 0.6 is 0 Å². The van der Waals surface area contributed by atoms with E-state index >= 15 is 0 Å². The van der Waals surface area contributed by atoms with Crippen LogP contribution in [0.3, 0.4) is 0 Å². The van der Waals surface area contributed by atoms with Crippen LogP contribution in [0.15, 0.2) is 131 Å². The quantitative estimate of drug-likeness (QED) is 0.0122. The largest absolute Gasteiger partial charge is 0.519 e. The predicted octanol–water partition coefficient (Wildman–Crippen LogP) is 16.6. The lowest BCUT2D eigenvalue weighted by atomic mass is 9.76. The van der Waals surface area contributed by atoms with Crippen molar-refractivity contribution in [2.24, 2.45) is 4.99 Å². The molecule has 0 atom stereocenters. The number of aliphatic imine (C=N–C) groups is 1. The number of hydrogen-bond donors (Lipinski definition) is 2. The number of hydrogen-bond acceptors (Lipinski definition) is 10. The maximum Gasteiger partial charge on any atom is 0.519 e. The summed E-state index contributed by atoms with van der Waals surface area (Å²) in [7, 11) is 3.51. The number of unbranched alkanes of at least 4 members (excludes halogenated alkanes) is 7. The maximum atomic E-state index is 13.4. The van der Waals surface area contributed by atoms with Crippen LogP contribution in [0.2, 0.25) is 0 Å². The number of rotatable bonds is 32. The van der Waals surface area contributed by atoms with Crippen molar-refractivity contribution < 1.29 is 33.7 Å². The van der Waals surface area contributed by atoms with Gasteiger partial charge in [-0.1, -0.05) is 149 Å². The highest BCUT2D eigenvalue weighted by atomic mass is 16.5. The molecule has 5 rings (SSSR count). The number of amides is 1. The van der Waals surface area contributed by atoms with Gasteiger partial charge in [0.2, 0.25) is 0 Å². The Kier molecular flexibility index (Phi) is 33.1. The molecule has 0 bridgehead atoms. The molecule has 4 aromatic rings. The average molecular weight is 1180 g/mol. The number of carbonyl (C=O) groups excluding carboxylic acids is 3. The van der Waals surface area contributed by atoms with Crippen molar-refractivity contribution in [1.82, 2.24) is 10.2 Å². The summed E-state index contributed by atoms with van der Waals surface area (Å²) in [5.41, 5.74) is 7.89. The molecule has 466 valence electrons. The van der Waals surface area contributed by atoms with Gasteiger partial charge in [-0.2, -0.15) is 9.69 Å². The van der Waals surface area contributed by atoms with Gasteiger partial charge in [-0.25, -0.2) is 9.84 Å². The van der Waals surface area contributed by atoms with E-state index in [9.17, 15) is 19.5 Å². The molecule has 0 heterocycles. The van der Waals surface area contributed by atoms with Crippen molar-refractivity contribution in [2.75, 3.05) is 65.1 Å². The van der Waals surface area contributed by atoms with Gasteiger partial charge in [-0.15, -0.1) is 0 Å². The Labute approximate surface area is 521 Å². The number of likely N-dealkylation sites (N-methyl/N-ethyl adjacent to an activating group) is 1. The molecule has 0 unspecified atom stereocenters. The first kappa shape index (κ1) is 73.0. The number of allylic oxidation sites excluding steroid dienone is 3. The van der Waals surface area contributed by atoms with Gasteiger partial charge in [-0.05, 0) is 140 Å². The van der Waals surface area contributed by atoms with Crippen LogP contribution in [-0.2, 0) is 25.2 Å². The van der Waals surface area contributed by atoms with E-state index in [0.717, 1.165) is 72.8 Å². The minimum Gasteiger partial charge on any atom is -0.497 e. The highest BCUT2D eigenvalue weighted by Gasteiger charge is 2.29. The zero-order chi connectivity index (χ0) is 64.2. The zero-order valence-corrected chi connectivity index (χ0v) is 54.2. The Hall–Kier alpha value is -8.25. The van der Waals surface area contributed by atoms with Crippen LogP contribution in [0, 0.1) is 26.6 Å². The van der Waals surface area contributed by atoms with Crippen molar-refractivity contribution in [3.8, 4) is 11.5 Å². The third kappa shape index (κ3) is 24.6. The number of nitrogens with one attached hydrogen (secondary N) is 1. The third-order valence-electron chi connectivity index (χ3n) is 15.4. The first-order valence-electron chi connectivity index (χ1n) is 31.0. The fraction of sp³-hybridized carbons (Fsp3) is 0.466. The number of methoxy groups -OCH3 is 1. The van der Waals surface area contributed by atoms with Gasteiger partial charge in [0, 0.05) is 61.7 Å². The molecule has 1 aliphatic rings. The van der Waals surface area contributed by atoms with Crippen LogP contribution in [0.25, 0.3) is 20.6 Å². The van der Waals surface area contributed by atoms with E-state index in [-0.39, 0.29) is 40.3 Å². The lowest BCUT2D eigenvalue weighted by Crippen LogP contribution is -2.32. The number of aryl methyl sites for hydroxylation is 1. The molecular formula is C73H97N7O7. The van der Waals surface area contributed by atoms with E-state index in [0.29, 0.717) is 49.6 Å². The Balaban J connectivity index is 0.000000416. The van der Waals surface area contributed by atoms with Crippen molar-refractivity contribution in [2.45, 2.75) is 164 Å². The number of fused-ring (bicyclic) bond motifs is 1. The smallest absolute Gasteiger partial charge is 0.497 e. The molecule has 2 N–H and O–H groups in total. The Morgan fingerprint density at radius 2 is 1.39 bits per heavy atom. The third-order valence-corrected chi connectivity index (χ3v) is 15.4. The van der Waals surface area contributed by atoms with Gasteiger partial charge in [-0.3, -0.25) is 14.4 Å². The average Bonchev–Trinajstić information content (AvgIpc) is 1.24. The van der Waals surface area contributed by atoms with E-state index in [1.54, 1.807) is 55.7 Å². The summed E-state index contributed by atoms with van der Waals surface area (Å²) < 4.78 is 16.3. The molecular weight excluding hydrogens is 1090 g/mol. The van der Waals surface area contributed by atoms with E-state index in [1.165, 1.54) is 68.6 Å². The second kappa shape index (κ2) is 39.4. The molecule has 0 fully saturated rings. The van der Waals surface area contributed by atoms with Gasteiger partial charge in [0.05, 0.1) is 50.5 Å². The summed E-state index contributed by atoms with van der Waals surface area (Å²) in [5, 5.41) is 12.2. The summed E-state index contributed by atoms with van der Waals surface area (Å²) in [6.45, 7) is 46.6. The normalized spacial score (nSPS) is 12.4. The van der Waals surface area contributed by atoms with E-state index in [1.807, 2.05) is 68.4 Å².